The van der Waals surface area contributed by atoms with E-state index in [1.165, 1.54) is 31.2 Å². The van der Waals surface area contributed by atoms with Gasteiger partial charge in [0.25, 0.3) is 5.69 Å². The number of carbonyl (C=O) groups excluding carboxylic acids is 2. The molecule has 0 radical (unpaired) electrons. The molecule has 190 valence electrons. The molecule has 1 N–H and O–H groups in total. The number of nitrogens with zero attached hydrogens (tertiary/aromatic N) is 3. The third-order valence-corrected chi connectivity index (χ3v) is 6.52. The molecular weight excluding hydrogens is 476 g/mol. The number of carbonyl (C=O) groups is 2. The number of hydrogen-bond acceptors (Lipinski definition) is 7. The molecule has 1 atom stereocenters. The number of nitrogens with one attached hydrogen (secondary N) is 1. The Bertz CT molecular complexity index is 1200. The lowest BCUT2D eigenvalue weighted by Gasteiger charge is -2.32. The minimum atomic E-state index is -4.08. The number of ether oxygens (including phenoxy) is 1. The molecule has 0 bridgehead atoms. The Balaban J connectivity index is 2.55. The van der Waals surface area contributed by atoms with E-state index in [2.05, 4.69) is 5.32 Å². The molecular formula is C23H30N4O7S. The van der Waals surface area contributed by atoms with Crippen molar-refractivity contribution in [3.05, 3.63) is 63.7 Å². The van der Waals surface area contributed by atoms with Crippen molar-refractivity contribution in [2.24, 2.45) is 0 Å². The molecule has 0 heterocycles. The Morgan fingerprint density at radius 3 is 2.40 bits per heavy atom. The van der Waals surface area contributed by atoms with Crippen LogP contribution in [-0.2, 0) is 26.2 Å². The average Bonchev–Trinajstić information content (AvgIpc) is 2.80. The summed E-state index contributed by atoms with van der Waals surface area (Å²) in [6.45, 7) is 3.02. The number of amides is 2. The van der Waals surface area contributed by atoms with Gasteiger partial charge in [-0.05, 0) is 25.0 Å². The zero-order valence-corrected chi connectivity index (χ0v) is 21.2. The fraction of sp³-hybridized carbons (Fsp3) is 0.391. The Kier molecular flexibility index (Phi) is 9.18. The first kappa shape index (κ1) is 27.6. The second-order valence-corrected chi connectivity index (χ2v) is 9.84. The molecule has 0 aliphatic carbocycles. The van der Waals surface area contributed by atoms with Crippen molar-refractivity contribution >= 4 is 33.2 Å². The minimum Gasteiger partial charge on any atom is -0.495 e. The molecule has 0 fully saturated rings. The van der Waals surface area contributed by atoms with E-state index in [4.69, 9.17) is 4.74 Å². The number of aryl methyl sites for hydroxylation is 1. The summed E-state index contributed by atoms with van der Waals surface area (Å²) in [5.74, 6) is -1.01. The Morgan fingerprint density at radius 1 is 1.20 bits per heavy atom. The molecule has 0 spiro atoms. The average molecular weight is 507 g/mol. The van der Waals surface area contributed by atoms with Gasteiger partial charge in [0.15, 0.2) is 0 Å². The van der Waals surface area contributed by atoms with E-state index >= 15 is 0 Å². The highest BCUT2D eigenvalue weighted by Gasteiger charge is 2.32. The van der Waals surface area contributed by atoms with Crippen LogP contribution in [0.2, 0.25) is 0 Å². The molecule has 11 nitrogen and oxygen atoms in total. The van der Waals surface area contributed by atoms with Crippen LogP contribution in [0.4, 0.5) is 11.4 Å². The number of non-ortho nitro benzene ring substituents is 1. The second kappa shape index (κ2) is 11.6. The number of nitro groups is 1. The van der Waals surface area contributed by atoms with Gasteiger partial charge in [-0.15, -0.1) is 0 Å². The van der Waals surface area contributed by atoms with Crippen molar-refractivity contribution < 1.29 is 27.7 Å². The van der Waals surface area contributed by atoms with Crippen molar-refractivity contribution in [1.82, 2.24) is 10.2 Å². The maximum Gasteiger partial charge on any atom is 0.271 e. The van der Waals surface area contributed by atoms with Gasteiger partial charge in [0, 0.05) is 25.7 Å². The Morgan fingerprint density at radius 2 is 1.89 bits per heavy atom. The number of likely N-dealkylation sites (N-methyl/N-ethyl adjacent to an activating group) is 1. The maximum absolute atomic E-state index is 13.6. The quantitative estimate of drug-likeness (QED) is 0.364. The molecule has 2 aromatic rings. The van der Waals surface area contributed by atoms with Gasteiger partial charge in [-0.25, -0.2) is 8.42 Å². The molecule has 0 aliphatic rings. The zero-order chi connectivity index (χ0) is 26.3. The number of methoxy groups -OCH3 is 1. The van der Waals surface area contributed by atoms with Crippen molar-refractivity contribution in [3.63, 3.8) is 0 Å². The molecule has 0 aromatic heterocycles. The summed E-state index contributed by atoms with van der Waals surface area (Å²) >= 11 is 0. The largest absolute Gasteiger partial charge is 0.495 e. The van der Waals surface area contributed by atoms with Crippen LogP contribution in [0.5, 0.6) is 5.75 Å². The molecule has 2 amide bonds. The fourth-order valence-corrected chi connectivity index (χ4v) is 4.52. The Labute approximate surface area is 204 Å². The highest BCUT2D eigenvalue weighted by molar-refractivity contribution is 7.92. The van der Waals surface area contributed by atoms with Gasteiger partial charge in [-0.1, -0.05) is 36.8 Å². The topological polar surface area (TPSA) is 139 Å². The molecule has 2 rings (SSSR count). The van der Waals surface area contributed by atoms with Crippen molar-refractivity contribution in [1.29, 1.82) is 0 Å². The Hall–Kier alpha value is -3.67. The van der Waals surface area contributed by atoms with Crippen LogP contribution >= 0.6 is 0 Å². The fourth-order valence-electron chi connectivity index (χ4n) is 3.67. The van der Waals surface area contributed by atoms with E-state index in [1.807, 2.05) is 31.2 Å². The van der Waals surface area contributed by atoms with Crippen LogP contribution in [0.15, 0.2) is 42.5 Å². The predicted molar refractivity (Wildman–Crippen MR) is 132 cm³/mol. The van der Waals surface area contributed by atoms with Crippen LogP contribution in [0.25, 0.3) is 0 Å². The molecule has 0 saturated heterocycles. The standard InChI is InChI=1S/C23H30N4O7S/c1-6-19(23(29)24-3)25(14-17-9-7-8-16(2)12-17)22(28)15-26(35(5,32)33)20-13-18(27(30)31)10-11-21(20)34-4/h7-13,19H,6,14-15H2,1-5H3,(H,24,29). The van der Waals surface area contributed by atoms with Gasteiger partial charge in [0.1, 0.15) is 24.0 Å². The van der Waals surface area contributed by atoms with E-state index in [-0.39, 0.29) is 30.1 Å². The van der Waals surface area contributed by atoms with Crippen LogP contribution in [-0.4, -0.2) is 63.1 Å². The first-order chi connectivity index (χ1) is 16.4. The molecule has 35 heavy (non-hydrogen) atoms. The van der Waals surface area contributed by atoms with Gasteiger partial charge in [0.05, 0.1) is 18.3 Å². The van der Waals surface area contributed by atoms with Crippen LogP contribution in [0.3, 0.4) is 0 Å². The van der Waals surface area contributed by atoms with Crippen molar-refractivity contribution in [3.8, 4) is 5.75 Å². The first-order valence-electron chi connectivity index (χ1n) is 10.8. The van der Waals surface area contributed by atoms with E-state index in [0.29, 0.717) is 0 Å². The molecule has 0 aliphatic heterocycles. The van der Waals surface area contributed by atoms with Gasteiger partial charge < -0.3 is 15.0 Å². The number of anilines is 1. The van der Waals surface area contributed by atoms with E-state index in [0.717, 1.165) is 27.8 Å². The van der Waals surface area contributed by atoms with Gasteiger partial charge in [0.2, 0.25) is 21.8 Å². The monoisotopic (exact) mass is 506 g/mol. The van der Waals surface area contributed by atoms with Crippen molar-refractivity contribution in [2.45, 2.75) is 32.9 Å². The molecule has 0 saturated carbocycles. The normalized spacial score (nSPS) is 11.9. The van der Waals surface area contributed by atoms with Gasteiger partial charge >= 0.3 is 0 Å². The van der Waals surface area contributed by atoms with Gasteiger partial charge in [-0.2, -0.15) is 0 Å². The number of sulfonamides is 1. The van der Waals surface area contributed by atoms with E-state index in [1.54, 1.807) is 6.92 Å². The zero-order valence-electron chi connectivity index (χ0n) is 20.3. The maximum atomic E-state index is 13.6. The first-order valence-corrected chi connectivity index (χ1v) is 12.6. The summed E-state index contributed by atoms with van der Waals surface area (Å²) in [5, 5.41) is 13.8. The highest BCUT2D eigenvalue weighted by atomic mass is 32.2. The van der Waals surface area contributed by atoms with Crippen LogP contribution in [0.1, 0.15) is 24.5 Å². The summed E-state index contributed by atoms with van der Waals surface area (Å²) < 4.78 is 31.4. The SMILES string of the molecule is CCC(C(=O)NC)N(Cc1cccc(C)c1)C(=O)CN(c1cc([N+](=O)[O-])ccc1OC)S(C)(=O)=O. The predicted octanol–water partition coefficient (Wildman–Crippen LogP) is 2.23. The summed E-state index contributed by atoms with van der Waals surface area (Å²) in [6.07, 6.45) is 1.18. The van der Waals surface area contributed by atoms with Crippen LogP contribution in [0, 0.1) is 17.0 Å². The number of rotatable bonds is 11. The second-order valence-electron chi connectivity index (χ2n) is 7.93. The highest BCUT2D eigenvalue weighted by Crippen LogP contribution is 2.34. The number of benzene rings is 2. The van der Waals surface area contributed by atoms with Crippen molar-refractivity contribution in [2.75, 3.05) is 31.3 Å². The minimum absolute atomic E-state index is 0.0393. The third kappa shape index (κ3) is 6.92. The van der Waals surface area contributed by atoms with E-state index < -0.39 is 39.3 Å². The molecule has 1 unspecified atom stereocenters. The third-order valence-electron chi connectivity index (χ3n) is 5.39. The summed E-state index contributed by atoms with van der Waals surface area (Å²) in [6, 6.07) is 10.0. The smallest absolute Gasteiger partial charge is 0.271 e. The molecule has 2 aromatic carbocycles. The summed E-state index contributed by atoms with van der Waals surface area (Å²) in [5.41, 5.74) is 1.21. The lowest BCUT2D eigenvalue weighted by Crippen LogP contribution is -2.51. The van der Waals surface area contributed by atoms with Crippen LogP contribution < -0.4 is 14.4 Å². The van der Waals surface area contributed by atoms with Gasteiger partial charge in [-0.3, -0.25) is 24.0 Å². The lowest BCUT2D eigenvalue weighted by atomic mass is 10.1. The number of hydrogen-bond donors (Lipinski definition) is 1. The lowest BCUT2D eigenvalue weighted by molar-refractivity contribution is -0.384. The van der Waals surface area contributed by atoms with E-state index in [9.17, 15) is 28.1 Å². The molecule has 12 heteroatoms. The summed E-state index contributed by atoms with van der Waals surface area (Å²) in [4.78, 5) is 38.1. The number of nitro benzene ring substituents is 1. The summed E-state index contributed by atoms with van der Waals surface area (Å²) in [7, 11) is -1.33.